The molecule has 0 radical (unpaired) electrons. The van der Waals surface area contributed by atoms with Gasteiger partial charge in [0, 0.05) is 25.6 Å². The van der Waals surface area contributed by atoms with Crippen LogP contribution in [-0.4, -0.2) is 48.0 Å². The summed E-state index contributed by atoms with van der Waals surface area (Å²) in [7, 11) is 1.57. The molecular formula is C30H39N3O4. The molecule has 0 fully saturated rings. The highest BCUT2D eigenvalue weighted by Gasteiger charge is 2.34. The molecule has 0 bridgehead atoms. The Labute approximate surface area is 221 Å². The maximum Gasteiger partial charge on any atom is 0.408 e. The van der Waals surface area contributed by atoms with E-state index in [2.05, 4.69) is 23.5 Å². The Morgan fingerprint density at radius 3 is 2.24 bits per heavy atom. The van der Waals surface area contributed by atoms with Crippen molar-refractivity contribution >= 4 is 17.9 Å². The predicted octanol–water partition coefficient (Wildman–Crippen LogP) is 4.61. The Kier molecular flexibility index (Phi) is 11.2. The monoisotopic (exact) mass is 505 g/mol. The van der Waals surface area contributed by atoms with Gasteiger partial charge in [0.2, 0.25) is 11.8 Å². The lowest BCUT2D eigenvalue weighted by Crippen LogP contribution is -2.52. The van der Waals surface area contributed by atoms with Crippen molar-refractivity contribution in [3.05, 3.63) is 71.3 Å². The van der Waals surface area contributed by atoms with Gasteiger partial charge in [-0.25, -0.2) is 4.79 Å². The highest BCUT2D eigenvalue weighted by atomic mass is 16.6. The summed E-state index contributed by atoms with van der Waals surface area (Å²) in [6, 6.07) is 14.5. The lowest BCUT2D eigenvalue weighted by Gasteiger charge is -2.32. The molecule has 7 nitrogen and oxygen atoms in total. The standard InChI is InChI=1S/C30H39N3O4/c1-7-9-13-20-31-27(34)26(24-18-16-22(8-2)17-19-24)33(6)28(35)25(21-23-14-11-10-12-15-23)32-29(36)37-30(3,4)5/h2,10-12,14-19,25-26H,7,9,13,20-21H2,1,3-6H3,(H,31,34)(H,32,36). The summed E-state index contributed by atoms with van der Waals surface area (Å²) < 4.78 is 5.41. The third kappa shape index (κ3) is 9.64. The molecule has 0 saturated heterocycles. The number of carbonyl (C=O) groups is 3. The van der Waals surface area contributed by atoms with Crippen LogP contribution in [0.1, 0.15) is 69.7 Å². The molecular weight excluding hydrogens is 466 g/mol. The maximum atomic E-state index is 13.8. The molecule has 2 unspecified atom stereocenters. The van der Waals surface area contributed by atoms with Crippen LogP contribution < -0.4 is 10.6 Å². The Bertz CT molecular complexity index is 1070. The normalized spacial score (nSPS) is 12.5. The van der Waals surface area contributed by atoms with Crippen LogP contribution in [0.2, 0.25) is 0 Å². The van der Waals surface area contributed by atoms with Gasteiger partial charge in [-0.2, -0.15) is 0 Å². The number of unbranched alkanes of at least 4 members (excludes halogenated alkanes) is 2. The van der Waals surface area contributed by atoms with Crippen LogP contribution in [0.25, 0.3) is 0 Å². The van der Waals surface area contributed by atoms with E-state index in [1.165, 1.54) is 4.90 Å². The van der Waals surface area contributed by atoms with Crippen molar-refractivity contribution in [2.75, 3.05) is 13.6 Å². The molecule has 0 aliphatic rings. The van der Waals surface area contributed by atoms with Crippen molar-refractivity contribution < 1.29 is 19.1 Å². The molecule has 0 saturated carbocycles. The first-order chi connectivity index (χ1) is 17.6. The molecule has 3 amide bonds. The molecule has 7 heteroatoms. The summed E-state index contributed by atoms with van der Waals surface area (Å²) in [5, 5.41) is 5.67. The smallest absolute Gasteiger partial charge is 0.408 e. The zero-order valence-electron chi connectivity index (χ0n) is 22.5. The number of hydrogen-bond acceptors (Lipinski definition) is 4. The molecule has 0 aromatic heterocycles. The quantitative estimate of drug-likeness (QED) is 0.345. The summed E-state index contributed by atoms with van der Waals surface area (Å²) in [5.41, 5.74) is 1.44. The van der Waals surface area contributed by atoms with Crippen LogP contribution in [0.5, 0.6) is 0 Å². The molecule has 2 aromatic carbocycles. The number of rotatable bonds is 11. The summed E-state index contributed by atoms with van der Waals surface area (Å²) in [4.78, 5) is 41.2. The molecule has 0 aliphatic carbocycles. The second-order valence-electron chi connectivity index (χ2n) is 10.0. The molecule has 198 valence electrons. The van der Waals surface area contributed by atoms with E-state index >= 15 is 0 Å². The zero-order valence-corrected chi connectivity index (χ0v) is 22.5. The first kappa shape index (κ1) is 29.4. The number of hydrogen-bond donors (Lipinski definition) is 2. The average molecular weight is 506 g/mol. The second kappa shape index (κ2) is 14.1. The van der Waals surface area contributed by atoms with E-state index in [0.29, 0.717) is 17.7 Å². The number of benzene rings is 2. The van der Waals surface area contributed by atoms with Gasteiger partial charge in [-0.15, -0.1) is 6.42 Å². The van der Waals surface area contributed by atoms with E-state index in [9.17, 15) is 14.4 Å². The fourth-order valence-corrected chi connectivity index (χ4v) is 3.87. The van der Waals surface area contributed by atoms with Gasteiger partial charge in [-0.05, 0) is 50.5 Å². The molecule has 2 N–H and O–H groups in total. The topological polar surface area (TPSA) is 87.7 Å². The number of nitrogens with zero attached hydrogens (tertiary/aromatic N) is 1. The Hall–Kier alpha value is -3.79. The number of alkyl carbamates (subject to hydrolysis) is 1. The molecule has 0 aliphatic heterocycles. The van der Waals surface area contributed by atoms with Crippen molar-refractivity contribution in [1.29, 1.82) is 0 Å². The lowest BCUT2D eigenvalue weighted by molar-refractivity contribution is -0.140. The molecule has 0 spiro atoms. The van der Waals surface area contributed by atoms with Gasteiger partial charge < -0.3 is 20.3 Å². The Balaban J connectivity index is 2.35. The summed E-state index contributed by atoms with van der Waals surface area (Å²) in [5.74, 6) is 1.86. The Morgan fingerprint density at radius 2 is 1.68 bits per heavy atom. The highest BCUT2D eigenvalue weighted by molar-refractivity contribution is 5.92. The first-order valence-electron chi connectivity index (χ1n) is 12.7. The number of ether oxygens (including phenoxy) is 1. The van der Waals surface area contributed by atoms with Gasteiger partial charge in [-0.1, -0.05) is 68.2 Å². The van der Waals surface area contributed by atoms with Crippen LogP contribution in [0, 0.1) is 12.3 Å². The van der Waals surface area contributed by atoms with E-state index in [4.69, 9.17) is 11.2 Å². The van der Waals surface area contributed by atoms with Gasteiger partial charge in [0.05, 0.1) is 0 Å². The minimum absolute atomic E-state index is 0.240. The van der Waals surface area contributed by atoms with E-state index in [0.717, 1.165) is 24.8 Å². The van der Waals surface area contributed by atoms with E-state index < -0.39 is 29.7 Å². The van der Waals surface area contributed by atoms with Crippen molar-refractivity contribution in [2.45, 2.75) is 71.1 Å². The van der Waals surface area contributed by atoms with E-state index in [1.807, 2.05) is 30.3 Å². The minimum atomic E-state index is -0.942. The summed E-state index contributed by atoms with van der Waals surface area (Å²) >= 11 is 0. The minimum Gasteiger partial charge on any atom is -0.444 e. The van der Waals surface area contributed by atoms with Crippen LogP contribution in [0.15, 0.2) is 54.6 Å². The predicted molar refractivity (Wildman–Crippen MR) is 146 cm³/mol. The number of carbonyl (C=O) groups excluding carboxylic acids is 3. The number of nitrogens with one attached hydrogen (secondary N) is 2. The van der Waals surface area contributed by atoms with Crippen LogP contribution in [0.4, 0.5) is 4.79 Å². The maximum absolute atomic E-state index is 13.8. The van der Waals surface area contributed by atoms with Crippen molar-refractivity contribution in [3.8, 4) is 12.3 Å². The summed E-state index contributed by atoms with van der Waals surface area (Å²) in [6.45, 7) is 7.87. The number of terminal acetylenes is 1. The van der Waals surface area contributed by atoms with Gasteiger partial charge in [0.15, 0.2) is 0 Å². The SMILES string of the molecule is C#Cc1ccc(C(C(=O)NCCCCC)N(C)C(=O)C(Cc2ccccc2)NC(=O)OC(C)(C)C)cc1. The van der Waals surface area contributed by atoms with Crippen molar-refractivity contribution in [3.63, 3.8) is 0 Å². The third-order valence-electron chi connectivity index (χ3n) is 5.73. The van der Waals surface area contributed by atoms with Gasteiger partial charge >= 0.3 is 6.09 Å². The first-order valence-corrected chi connectivity index (χ1v) is 12.7. The lowest BCUT2D eigenvalue weighted by atomic mass is 10.00. The van der Waals surface area contributed by atoms with Crippen LogP contribution in [-0.2, 0) is 20.7 Å². The van der Waals surface area contributed by atoms with Crippen molar-refractivity contribution in [1.82, 2.24) is 15.5 Å². The van der Waals surface area contributed by atoms with Crippen LogP contribution in [0.3, 0.4) is 0 Å². The highest BCUT2D eigenvalue weighted by Crippen LogP contribution is 2.22. The molecule has 2 atom stereocenters. The zero-order chi connectivity index (χ0) is 27.4. The largest absolute Gasteiger partial charge is 0.444 e. The molecule has 2 aromatic rings. The number of likely N-dealkylation sites (N-methyl/N-ethyl adjacent to an activating group) is 1. The van der Waals surface area contributed by atoms with Gasteiger partial charge in [-0.3, -0.25) is 9.59 Å². The number of amides is 3. The fraction of sp³-hybridized carbons (Fsp3) is 0.433. The fourth-order valence-electron chi connectivity index (χ4n) is 3.87. The average Bonchev–Trinajstić information content (AvgIpc) is 2.86. The molecule has 2 rings (SSSR count). The second-order valence-corrected chi connectivity index (χ2v) is 10.0. The Morgan fingerprint density at radius 1 is 1.03 bits per heavy atom. The van der Waals surface area contributed by atoms with Crippen molar-refractivity contribution in [2.24, 2.45) is 0 Å². The molecule has 37 heavy (non-hydrogen) atoms. The van der Waals surface area contributed by atoms with Gasteiger partial charge in [0.25, 0.3) is 0 Å². The van der Waals surface area contributed by atoms with Gasteiger partial charge in [0.1, 0.15) is 17.7 Å². The van der Waals surface area contributed by atoms with E-state index in [1.54, 1.807) is 52.1 Å². The molecule has 0 heterocycles. The third-order valence-corrected chi connectivity index (χ3v) is 5.73. The van der Waals surface area contributed by atoms with E-state index in [-0.39, 0.29) is 12.3 Å². The summed E-state index contributed by atoms with van der Waals surface area (Å²) in [6.07, 6.45) is 7.91. The van der Waals surface area contributed by atoms with Crippen LogP contribution >= 0.6 is 0 Å².